The van der Waals surface area contributed by atoms with Gasteiger partial charge in [0.25, 0.3) is 0 Å². The lowest BCUT2D eigenvalue weighted by molar-refractivity contribution is 0.949. The second-order valence-corrected chi connectivity index (χ2v) is 3.45. The highest BCUT2D eigenvalue weighted by Crippen LogP contribution is 2.20. The summed E-state index contributed by atoms with van der Waals surface area (Å²) in [6.45, 7) is 7.81. The van der Waals surface area contributed by atoms with Gasteiger partial charge in [0.15, 0.2) is 0 Å². The summed E-state index contributed by atoms with van der Waals surface area (Å²) in [5.41, 5.74) is 2.41. The summed E-state index contributed by atoms with van der Waals surface area (Å²) < 4.78 is 0. The molecule has 0 saturated carbocycles. The summed E-state index contributed by atoms with van der Waals surface area (Å²) in [6, 6.07) is 8.41. The van der Waals surface area contributed by atoms with E-state index in [1.807, 2.05) is 0 Å². The van der Waals surface area contributed by atoms with Gasteiger partial charge < -0.3 is 4.90 Å². The predicted molar refractivity (Wildman–Crippen MR) is 56.7 cm³/mol. The van der Waals surface area contributed by atoms with E-state index >= 15 is 0 Å². The Bertz CT molecular complexity index is 280. The second kappa shape index (κ2) is 3.65. The fraction of sp³-hybridized carbons (Fsp3) is 0.333. The molecule has 0 bridgehead atoms. The van der Waals surface area contributed by atoms with Gasteiger partial charge in [-0.05, 0) is 30.5 Å². The Morgan fingerprint density at radius 1 is 1.08 bits per heavy atom. The zero-order valence-corrected chi connectivity index (χ0v) is 7.74. The first-order chi connectivity index (χ1) is 6.40. The first kappa shape index (κ1) is 8.36. The van der Waals surface area contributed by atoms with Crippen LogP contribution in [0.1, 0.15) is 18.4 Å². The molecule has 0 N–H and O–H groups in total. The molecule has 0 atom stereocenters. The summed E-state index contributed by atoms with van der Waals surface area (Å²) in [7, 11) is 0. The molecular weight excluding hydrogens is 158 g/mol. The molecule has 1 heteroatoms. The number of nitrogens with zero attached hydrogens (tertiary/aromatic N) is 1. The van der Waals surface area contributed by atoms with Gasteiger partial charge in [-0.2, -0.15) is 0 Å². The normalized spacial score (nSPS) is 16.2. The van der Waals surface area contributed by atoms with E-state index in [0.29, 0.717) is 0 Å². The zero-order valence-electron chi connectivity index (χ0n) is 7.74. The standard InChI is InChI=1S/C12H14N/c1-2-11-5-7-12(8-6-11)13-9-3-4-10-13/h1-2,5-8H,3-4,9-10H2. The topological polar surface area (TPSA) is 3.24 Å². The van der Waals surface area contributed by atoms with Crippen LogP contribution in [0.15, 0.2) is 24.3 Å². The van der Waals surface area contributed by atoms with Gasteiger partial charge >= 0.3 is 0 Å². The van der Waals surface area contributed by atoms with Gasteiger partial charge in [0.1, 0.15) is 0 Å². The molecule has 0 amide bonds. The third-order valence-corrected chi connectivity index (χ3v) is 2.56. The van der Waals surface area contributed by atoms with Crippen LogP contribution in [0.25, 0.3) is 6.08 Å². The van der Waals surface area contributed by atoms with Crippen LogP contribution < -0.4 is 4.90 Å². The highest BCUT2D eigenvalue weighted by molar-refractivity contribution is 5.54. The lowest BCUT2D eigenvalue weighted by Crippen LogP contribution is -2.17. The predicted octanol–water partition coefficient (Wildman–Crippen LogP) is 2.73. The van der Waals surface area contributed by atoms with E-state index in [1.54, 1.807) is 6.08 Å². The Kier molecular flexibility index (Phi) is 2.35. The lowest BCUT2D eigenvalue weighted by Gasteiger charge is -2.17. The fourth-order valence-corrected chi connectivity index (χ4v) is 1.77. The van der Waals surface area contributed by atoms with Crippen molar-refractivity contribution in [2.75, 3.05) is 18.0 Å². The molecule has 1 aromatic carbocycles. The lowest BCUT2D eigenvalue weighted by atomic mass is 10.2. The fourth-order valence-electron chi connectivity index (χ4n) is 1.77. The minimum atomic E-state index is 1.09. The quantitative estimate of drug-likeness (QED) is 0.663. The third-order valence-electron chi connectivity index (χ3n) is 2.56. The summed E-state index contributed by atoms with van der Waals surface area (Å²) in [5.74, 6) is 0. The van der Waals surface area contributed by atoms with E-state index in [9.17, 15) is 0 Å². The van der Waals surface area contributed by atoms with Crippen molar-refractivity contribution in [1.29, 1.82) is 0 Å². The molecule has 1 aliphatic rings. The first-order valence-corrected chi connectivity index (χ1v) is 4.80. The molecule has 1 nitrogen and oxygen atoms in total. The smallest absolute Gasteiger partial charge is 0.0366 e. The van der Waals surface area contributed by atoms with Gasteiger partial charge in [-0.1, -0.05) is 24.8 Å². The molecule has 1 aromatic rings. The van der Waals surface area contributed by atoms with E-state index in [0.717, 1.165) is 5.56 Å². The van der Waals surface area contributed by atoms with Crippen LogP contribution in [0.3, 0.4) is 0 Å². The molecule has 1 saturated heterocycles. The summed E-state index contributed by atoms with van der Waals surface area (Å²) in [4.78, 5) is 2.42. The van der Waals surface area contributed by atoms with E-state index in [4.69, 9.17) is 6.58 Å². The largest absolute Gasteiger partial charge is 0.372 e. The average Bonchev–Trinajstić information content (AvgIpc) is 2.71. The van der Waals surface area contributed by atoms with Crippen LogP contribution in [-0.4, -0.2) is 13.1 Å². The molecule has 67 valence electrons. The van der Waals surface area contributed by atoms with Crippen LogP contribution in [-0.2, 0) is 0 Å². The van der Waals surface area contributed by atoms with Crippen molar-refractivity contribution in [3.05, 3.63) is 36.4 Å². The number of rotatable bonds is 2. The van der Waals surface area contributed by atoms with Crippen molar-refractivity contribution >= 4 is 11.8 Å². The Morgan fingerprint density at radius 2 is 1.69 bits per heavy atom. The summed E-state index contributed by atoms with van der Waals surface area (Å²) in [5, 5.41) is 0. The van der Waals surface area contributed by atoms with Gasteiger partial charge in [-0.15, -0.1) is 0 Å². The van der Waals surface area contributed by atoms with Crippen molar-refractivity contribution in [2.45, 2.75) is 12.8 Å². The molecule has 1 heterocycles. The van der Waals surface area contributed by atoms with Gasteiger partial charge in [0.2, 0.25) is 0 Å². The van der Waals surface area contributed by atoms with Gasteiger partial charge in [0.05, 0.1) is 0 Å². The molecule has 2 rings (SSSR count). The van der Waals surface area contributed by atoms with Crippen molar-refractivity contribution < 1.29 is 0 Å². The van der Waals surface area contributed by atoms with E-state index in [-0.39, 0.29) is 0 Å². The molecule has 0 unspecified atom stereocenters. The van der Waals surface area contributed by atoms with Crippen LogP contribution in [0.2, 0.25) is 0 Å². The first-order valence-electron chi connectivity index (χ1n) is 4.80. The van der Waals surface area contributed by atoms with Gasteiger partial charge in [-0.3, -0.25) is 0 Å². The van der Waals surface area contributed by atoms with Gasteiger partial charge in [-0.25, -0.2) is 0 Å². The molecule has 0 aliphatic carbocycles. The number of benzene rings is 1. The Labute approximate surface area is 79.7 Å². The van der Waals surface area contributed by atoms with Crippen LogP contribution >= 0.6 is 0 Å². The van der Waals surface area contributed by atoms with Crippen LogP contribution in [0.4, 0.5) is 5.69 Å². The molecular formula is C12H14N. The summed E-state index contributed by atoms with van der Waals surface area (Å²) in [6.07, 6.45) is 4.28. The number of hydrogen-bond acceptors (Lipinski definition) is 1. The third kappa shape index (κ3) is 1.74. The zero-order chi connectivity index (χ0) is 9.10. The monoisotopic (exact) mass is 172 g/mol. The molecule has 1 radical (unpaired) electrons. The van der Waals surface area contributed by atoms with Crippen molar-refractivity contribution in [3.63, 3.8) is 0 Å². The maximum absolute atomic E-state index is 5.41. The Hall–Kier alpha value is -1.24. The summed E-state index contributed by atoms with van der Waals surface area (Å²) >= 11 is 0. The maximum atomic E-state index is 5.41. The molecule has 0 spiro atoms. The number of hydrogen-bond donors (Lipinski definition) is 0. The second-order valence-electron chi connectivity index (χ2n) is 3.45. The highest BCUT2D eigenvalue weighted by Gasteiger charge is 2.11. The minimum Gasteiger partial charge on any atom is -0.372 e. The highest BCUT2D eigenvalue weighted by atomic mass is 15.1. The SMILES string of the molecule is [CH]=Cc1ccc(N2CCCC2)cc1. The number of anilines is 1. The van der Waals surface area contributed by atoms with Crippen LogP contribution in [0.5, 0.6) is 0 Å². The van der Waals surface area contributed by atoms with Crippen molar-refractivity contribution in [1.82, 2.24) is 0 Å². The maximum Gasteiger partial charge on any atom is 0.0366 e. The molecule has 1 aliphatic heterocycles. The van der Waals surface area contributed by atoms with Crippen LogP contribution in [0, 0.1) is 6.58 Å². The average molecular weight is 172 g/mol. The molecule has 0 aromatic heterocycles. The van der Waals surface area contributed by atoms with Gasteiger partial charge in [0, 0.05) is 18.8 Å². The minimum absolute atomic E-state index is 1.09. The van der Waals surface area contributed by atoms with Crippen molar-refractivity contribution in [2.24, 2.45) is 0 Å². The van der Waals surface area contributed by atoms with E-state index < -0.39 is 0 Å². The molecule has 1 fully saturated rings. The van der Waals surface area contributed by atoms with E-state index in [2.05, 4.69) is 29.2 Å². The molecule has 13 heavy (non-hydrogen) atoms. The Morgan fingerprint density at radius 3 is 2.23 bits per heavy atom. The van der Waals surface area contributed by atoms with E-state index in [1.165, 1.54) is 31.6 Å². The Balaban J connectivity index is 2.16. The van der Waals surface area contributed by atoms with Crippen molar-refractivity contribution in [3.8, 4) is 0 Å².